The number of hydrogen-bond acceptors (Lipinski definition) is 4. The number of benzene rings is 3. The molecule has 0 atom stereocenters. The number of para-hydroxylation sites is 2. The average Bonchev–Trinajstić information content (AvgIpc) is 3.74. The molecule has 0 spiro atoms. The second kappa shape index (κ2) is 11.8. The molecule has 1 aliphatic rings. The first-order valence-electron chi connectivity index (χ1n) is 12.8. The Hall–Kier alpha value is -4.35. The van der Waals surface area contributed by atoms with Crippen molar-refractivity contribution >= 4 is 0 Å². The van der Waals surface area contributed by atoms with Gasteiger partial charge in [-0.2, -0.15) is 0 Å². The minimum atomic E-state index is -0.231. The number of hydrogen-bond donors (Lipinski definition) is 0. The van der Waals surface area contributed by atoms with E-state index in [4.69, 9.17) is 4.74 Å². The van der Waals surface area contributed by atoms with Crippen molar-refractivity contribution in [1.29, 1.82) is 0 Å². The molecule has 0 saturated heterocycles. The van der Waals surface area contributed by atoms with Gasteiger partial charge in [0.1, 0.15) is 5.82 Å². The molecule has 1 aliphatic heterocycles. The highest BCUT2D eigenvalue weighted by atomic mass is 19.1. The fourth-order valence-corrected chi connectivity index (χ4v) is 4.24. The van der Waals surface area contributed by atoms with Gasteiger partial charge in [0.2, 0.25) is 0 Å². The molecule has 4 nitrogen and oxygen atoms in total. The highest BCUT2D eigenvalue weighted by molar-refractivity contribution is 5.63. The smallest absolute Gasteiger partial charge is 0.170 e. The number of rotatable bonds is 7. The van der Waals surface area contributed by atoms with Crippen molar-refractivity contribution in [1.82, 2.24) is 14.9 Å². The molecule has 0 unspecified atom stereocenters. The summed E-state index contributed by atoms with van der Waals surface area (Å²) in [6.45, 7) is 5.97. The number of nitrogens with zero attached hydrogens (tertiary/aromatic N) is 3. The van der Waals surface area contributed by atoms with Gasteiger partial charge in [-0.15, -0.1) is 0 Å². The molecule has 0 fully saturated rings. The van der Waals surface area contributed by atoms with Crippen molar-refractivity contribution in [3.63, 3.8) is 0 Å². The van der Waals surface area contributed by atoms with Crippen molar-refractivity contribution in [2.45, 2.75) is 33.0 Å². The first-order valence-corrected chi connectivity index (χ1v) is 12.8. The molecule has 0 radical (unpaired) electrons. The number of aromatic nitrogens is 2. The normalized spacial score (nSPS) is 11.4. The van der Waals surface area contributed by atoms with Gasteiger partial charge < -0.3 is 4.74 Å². The van der Waals surface area contributed by atoms with Crippen LogP contribution >= 0.6 is 0 Å². The molecule has 38 heavy (non-hydrogen) atoms. The van der Waals surface area contributed by atoms with E-state index in [2.05, 4.69) is 53.0 Å². The summed E-state index contributed by atoms with van der Waals surface area (Å²) in [7, 11) is 0. The van der Waals surface area contributed by atoms with Gasteiger partial charge >= 0.3 is 0 Å². The lowest BCUT2D eigenvalue weighted by Crippen LogP contribution is -2.30. The molecule has 3 heterocycles. The van der Waals surface area contributed by atoms with E-state index in [1.165, 1.54) is 23.3 Å². The highest BCUT2D eigenvalue weighted by Gasteiger charge is 2.16. The summed E-state index contributed by atoms with van der Waals surface area (Å²) in [6.07, 6.45) is 7.58. The molecule has 190 valence electrons. The van der Waals surface area contributed by atoms with Gasteiger partial charge in [-0.05, 0) is 72.5 Å². The highest BCUT2D eigenvalue weighted by Crippen LogP contribution is 2.43. The lowest BCUT2D eigenvalue weighted by molar-refractivity contribution is 0.203. The zero-order valence-corrected chi connectivity index (χ0v) is 21.6. The van der Waals surface area contributed by atoms with Gasteiger partial charge in [0.15, 0.2) is 11.5 Å². The van der Waals surface area contributed by atoms with E-state index in [0.29, 0.717) is 6.04 Å². The van der Waals surface area contributed by atoms with Crippen molar-refractivity contribution in [2.75, 3.05) is 0 Å². The SMILES string of the molecule is CC(C)N(Cc1cncc(-c2ccccc2)c1)Cc1cncc(-c2ccc(F)cc2)c1.c1ccc2c(c1)O2. The van der Waals surface area contributed by atoms with E-state index in [9.17, 15) is 4.39 Å². The van der Waals surface area contributed by atoms with Crippen molar-refractivity contribution < 1.29 is 9.13 Å². The van der Waals surface area contributed by atoms with Crippen LogP contribution in [-0.2, 0) is 13.1 Å². The number of pyridine rings is 2. The van der Waals surface area contributed by atoms with Crippen molar-refractivity contribution in [3.05, 3.63) is 133 Å². The monoisotopic (exact) mass is 503 g/mol. The molecular weight excluding hydrogens is 473 g/mol. The first-order chi connectivity index (χ1) is 18.5. The maximum Gasteiger partial charge on any atom is 0.170 e. The Bertz CT molecular complexity index is 1470. The van der Waals surface area contributed by atoms with Gasteiger partial charge in [0.05, 0.1) is 0 Å². The van der Waals surface area contributed by atoms with Gasteiger partial charge in [-0.3, -0.25) is 14.9 Å². The van der Waals surface area contributed by atoms with Crippen LogP contribution in [-0.4, -0.2) is 20.9 Å². The third kappa shape index (κ3) is 6.69. The number of halogens is 1. The van der Waals surface area contributed by atoms with Gasteiger partial charge in [0.25, 0.3) is 0 Å². The third-order valence-electron chi connectivity index (χ3n) is 6.40. The van der Waals surface area contributed by atoms with Crippen LogP contribution in [0.2, 0.25) is 0 Å². The quantitative estimate of drug-likeness (QED) is 0.206. The minimum absolute atomic E-state index is 0.231. The van der Waals surface area contributed by atoms with Crippen LogP contribution in [0.3, 0.4) is 0 Å². The van der Waals surface area contributed by atoms with Crippen molar-refractivity contribution in [2.24, 2.45) is 0 Å². The summed E-state index contributed by atoms with van der Waals surface area (Å²) < 4.78 is 18.2. The Morgan fingerprint density at radius 1 is 0.632 bits per heavy atom. The van der Waals surface area contributed by atoms with Crippen LogP contribution in [0.5, 0.6) is 11.5 Å². The predicted molar refractivity (Wildman–Crippen MR) is 150 cm³/mol. The number of fused-ring (bicyclic) bond motifs is 1. The van der Waals surface area contributed by atoms with Crippen molar-refractivity contribution in [3.8, 4) is 33.8 Å². The topological polar surface area (TPSA) is 41.6 Å². The first kappa shape index (κ1) is 25.3. The van der Waals surface area contributed by atoms with E-state index in [-0.39, 0.29) is 5.82 Å². The minimum Gasteiger partial charge on any atom is -0.450 e. The Balaban J connectivity index is 0.000000358. The summed E-state index contributed by atoms with van der Waals surface area (Å²) >= 11 is 0. The molecule has 6 rings (SSSR count). The molecule has 3 aromatic carbocycles. The fourth-order valence-electron chi connectivity index (χ4n) is 4.24. The summed E-state index contributed by atoms with van der Waals surface area (Å²) in [5, 5.41) is 0. The molecule has 0 saturated carbocycles. The van der Waals surface area contributed by atoms with Crippen LogP contribution in [0.1, 0.15) is 25.0 Å². The van der Waals surface area contributed by atoms with Crippen LogP contribution in [0.25, 0.3) is 22.3 Å². The lowest BCUT2D eigenvalue weighted by Gasteiger charge is -2.26. The second-order valence-electron chi connectivity index (χ2n) is 9.58. The summed E-state index contributed by atoms with van der Waals surface area (Å²) in [5.41, 5.74) is 6.56. The average molecular weight is 504 g/mol. The van der Waals surface area contributed by atoms with E-state index < -0.39 is 0 Å². The maximum absolute atomic E-state index is 13.3. The lowest BCUT2D eigenvalue weighted by atomic mass is 10.0. The molecule has 0 N–H and O–H groups in total. The van der Waals surface area contributed by atoms with Crippen LogP contribution in [0.4, 0.5) is 4.39 Å². The van der Waals surface area contributed by atoms with Crippen LogP contribution in [0.15, 0.2) is 116 Å². The van der Waals surface area contributed by atoms with E-state index in [1.807, 2.05) is 67.3 Å². The zero-order valence-electron chi connectivity index (χ0n) is 21.6. The Labute approximate surface area is 223 Å². The van der Waals surface area contributed by atoms with E-state index in [0.717, 1.165) is 46.8 Å². The van der Waals surface area contributed by atoms with Gasteiger partial charge in [-0.1, -0.05) is 54.6 Å². The Morgan fingerprint density at radius 2 is 1.13 bits per heavy atom. The zero-order chi connectivity index (χ0) is 26.3. The third-order valence-corrected chi connectivity index (χ3v) is 6.40. The summed E-state index contributed by atoms with van der Waals surface area (Å²) in [4.78, 5) is 11.3. The summed E-state index contributed by atoms with van der Waals surface area (Å²) in [5.74, 6) is 1.83. The van der Waals surface area contributed by atoms with Crippen LogP contribution < -0.4 is 4.74 Å². The Morgan fingerprint density at radius 3 is 1.63 bits per heavy atom. The van der Waals surface area contributed by atoms with E-state index in [1.54, 1.807) is 12.1 Å². The maximum atomic E-state index is 13.3. The standard InChI is InChI=1S/C27H26FN3.C6H4O/c1-20(2)31(18-21-12-25(16-29-14-21)23-6-4-3-5-7-23)19-22-13-26(17-30-15-22)24-8-10-27(28)11-9-24;1-2-4-6-5(3-1)7-6/h3-17,20H,18-19H2,1-2H3;1-4H. The van der Waals surface area contributed by atoms with Gasteiger partial charge in [0, 0.05) is 55.0 Å². The second-order valence-corrected chi connectivity index (χ2v) is 9.58. The predicted octanol–water partition coefficient (Wildman–Crippen LogP) is 8.15. The van der Waals surface area contributed by atoms with Crippen LogP contribution in [0, 0.1) is 5.82 Å². The van der Waals surface area contributed by atoms with Gasteiger partial charge in [-0.25, -0.2) is 4.39 Å². The molecule has 0 bridgehead atoms. The molecular formula is C33H30FN3O. The largest absolute Gasteiger partial charge is 0.450 e. The molecule has 0 aliphatic carbocycles. The fraction of sp³-hybridized carbons (Fsp3) is 0.152. The summed E-state index contributed by atoms with van der Waals surface area (Å²) in [6, 6.07) is 29.4. The Kier molecular flexibility index (Phi) is 7.86. The van der Waals surface area contributed by atoms with E-state index >= 15 is 0 Å². The molecule has 0 amide bonds. The molecule has 2 aromatic heterocycles. The number of ether oxygens (including phenoxy) is 1. The molecule has 5 aromatic rings. The molecule has 5 heteroatoms.